The third kappa shape index (κ3) is 2.20. The van der Waals surface area contributed by atoms with Crippen molar-refractivity contribution >= 4 is 17.2 Å². The molecule has 5 nitrogen and oxygen atoms in total. The summed E-state index contributed by atoms with van der Waals surface area (Å²) in [7, 11) is 0. The molecule has 5 heteroatoms. The standard InChI is InChI=1S/C18H18N4O/c1-12-7-9-21(16-6-4-3-5-14(12)16)18(23)15-11-19-22-10-8-13(2)20-17(15)22/h3-6,8,10-12H,7,9H2,1-2H3. The maximum Gasteiger partial charge on any atom is 0.263 e. The first-order valence-electron chi connectivity index (χ1n) is 7.87. The number of aryl methyl sites for hydroxylation is 1. The molecule has 0 saturated carbocycles. The van der Waals surface area contributed by atoms with Crippen LogP contribution in [0.25, 0.3) is 5.65 Å². The normalized spacial score (nSPS) is 17.3. The van der Waals surface area contributed by atoms with Gasteiger partial charge >= 0.3 is 0 Å². The van der Waals surface area contributed by atoms with Crippen molar-refractivity contribution in [1.29, 1.82) is 0 Å². The SMILES string of the molecule is Cc1ccn2ncc(C(=O)N3CCC(C)c4ccccc43)c2n1. The third-order valence-electron chi connectivity index (χ3n) is 4.53. The van der Waals surface area contributed by atoms with Crippen molar-refractivity contribution in [3.8, 4) is 0 Å². The van der Waals surface area contributed by atoms with Gasteiger partial charge in [0.1, 0.15) is 5.56 Å². The van der Waals surface area contributed by atoms with Crippen molar-refractivity contribution in [2.24, 2.45) is 0 Å². The van der Waals surface area contributed by atoms with E-state index in [4.69, 9.17) is 0 Å². The minimum Gasteiger partial charge on any atom is -0.308 e. The number of carbonyl (C=O) groups excluding carboxylic acids is 1. The number of hydrogen-bond donors (Lipinski definition) is 0. The van der Waals surface area contributed by atoms with E-state index >= 15 is 0 Å². The maximum absolute atomic E-state index is 13.1. The smallest absolute Gasteiger partial charge is 0.263 e. The molecule has 1 atom stereocenters. The van der Waals surface area contributed by atoms with Gasteiger partial charge in [-0.15, -0.1) is 0 Å². The number of nitrogens with zero attached hydrogens (tertiary/aromatic N) is 4. The van der Waals surface area contributed by atoms with Crippen LogP contribution in [-0.4, -0.2) is 27.0 Å². The highest BCUT2D eigenvalue weighted by molar-refractivity contribution is 6.10. The van der Waals surface area contributed by atoms with Gasteiger partial charge in [-0.25, -0.2) is 9.50 Å². The minimum atomic E-state index is -0.0301. The number of amides is 1. The van der Waals surface area contributed by atoms with Crippen LogP contribution in [0.15, 0.2) is 42.7 Å². The van der Waals surface area contributed by atoms with E-state index in [0.717, 1.165) is 24.3 Å². The molecule has 3 heterocycles. The van der Waals surface area contributed by atoms with Gasteiger partial charge in [0.25, 0.3) is 5.91 Å². The van der Waals surface area contributed by atoms with E-state index in [0.29, 0.717) is 17.1 Å². The molecule has 2 aromatic heterocycles. The first-order valence-corrected chi connectivity index (χ1v) is 7.87. The summed E-state index contributed by atoms with van der Waals surface area (Å²) in [6.07, 6.45) is 4.42. The van der Waals surface area contributed by atoms with Crippen LogP contribution in [-0.2, 0) is 0 Å². The summed E-state index contributed by atoms with van der Waals surface area (Å²) in [5.74, 6) is 0.442. The largest absolute Gasteiger partial charge is 0.308 e. The lowest BCUT2D eigenvalue weighted by Gasteiger charge is -2.32. The van der Waals surface area contributed by atoms with Gasteiger partial charge in [0.05, 0.1) is 6.20 Å². The van der Waals surface area contributed by atoms with Crippen LogP contribution >= 0.6 is 0 Å². The van der Waals surface area contributed by atoms with Crippen molar-refractivity contribution in [3.63, 3.8) is 0 Å². The summed E-state index contributed by atoms with van der Waals surface area (Å²) in [5.41, 5.74) is 4.28. The van der Waals surface area contributed by atoms with Crippen LogP contribution in [0.1, 0.15) is 40.9 Å². The van der Waals surface area contributed by atoms with Crippen LogP contribution in [0.5, 0.6) is 0 Å². The van der Waals surface area contributed by atoms with Gasteiger partial charge in [0.15, 0.2) is 5.65 Å². The predicted molar refractivity (Wildman–Crippen MR) is 88.9 cm³/mol. The molecule has 0 bridgehead atoms. The molecule has 0 saturated heterocycles. The molecule has 0 aliphatic carbocycles. The summed E-state index contributed by atoms with van der Waals surface area (Å²) >= 11 is 0. The van der Waals surface area contributed by atoms with Crippen LogP contribution in [0.3, 0.4) is 0 Å². The first kappa shape index (κ1) is 13.9. The molecular weight excluding hydrogens is 288 g/mol. The molecular formula is C18H18N4O. The van der Waals surface area contributed by atoms with Crippen LogP contribution in [0.2, 0.25) is 0 Å². The highest BCUT2D eigenvalue weighted by Crippen LogP contribution is 2.35. The lowest BCUT2D eigenvalue weighted by molar-refractivity contribution is 0.0986. The van der Waals surface area contributed by atoms with Gasteiger partial charge in [0.2, 0.25) is 0 Å². The van der Waals surface area contributed by atoms with Gasteiger partial charge < -0.3 is 4.90 Å². The van der Waals surface area contributed by atoms with Crippen LogP contribution in [0, 0.1) is 6.92 Å². The zero-order valence-electron chi connectivity index (χ0n) is 13.2. The molecule has 1 aromatic carbocycles. The molecule has 1 aliphatic heterocycles. The molecule has 4 rings (SSSR count). The van der Waals surface area contributed by atoms with E-state index in [1.54, 1.807) is 10.7 Å². The summed E-state index contributed by atoms with van der Waals surface area (Å²) in [4.78, 5) is 19.4. The van der Waals surface area contributed by atoms with E-state index in [-0.39, 0.29) is 5.91 Å². The average molecular weight is 306 g/mol. The first-order chi connectivity index (χ1) is 11.1. The number of fused-ring (bicyclic) bond motifs is 2. The Kier molecular flexibility index (Phi) is 3.15. The predicted octanol–water partition coefficient (Wildman–Crippen LogP) is 3.19. The fourth-order valence-electron chi connectivity index (χ4n) is 3.22. The van der Waals surface area contributed by atoms with E-state index in [2.05, 4.69) is 23.1 Å². The van der Waals surface area contributed by atoms with Crippen molar-refractivity contribution in [3.05, 3.63) is 59.5 Å². The Morgan fingerprint density at radius 1 is 1.26 bits per heavy atom. The van der Waals surface area contributed by atoms with Crippen LogP contribution in [0.4, 0.5) is 5.69 Å². The lowest BCUT2D eigenvalue weighted by Crippen LogP contribution is -2.36. The molecule has 0 N–H and O–H groups in total. The van der Waals surface area contributed by atoms with Gasteiger partial charge in [0, 0.05) is 24.1 Å². The molecule has 116 valence electrons. The Hall–Kier alpha value is -2.69. The second kappa shape index (κ2) is 5.19. The maximum atomic E-state index is 13.1. The Labute approximate surface area is 134 Å². The monoisotopic (exact) mass is 306 g/mol. The summed E-state index contributed by atoms with van der Waals surface area (Å²) < 4.78 is 1.65. The van der Waals surface area contributed by atoms with Gasteiger partial charge in [-0.05, 0) is 37.0 Å². The highest BCUT2D eigenvalue weighted by Gasteiger charge is 2.28. The second-order valence-electron chi connectivity index (χ2n) is 6.10. The zero-order chi connectivity index (χ0) is 16.0. The zero-order valence-corrected chi connectivity index (χ0v) is 13.2. The Bertz CT molecular complexity index is 899. The van der Waals surface area contributed by atoms with Gasteiger partial charge in [-0.1, -0.05) is 25.1 Å². The number of hydrogen-bond acceptors (Lipinski definition) is 3. The third-order valence-corrected chi connectivity index (χ3v) is 4.53. The van der Waals surface area contributed by atoms with E-state index in [1.807, 2.05) is 42.3 Å². The molecule has 23 heavy (non-hydrogen) atoms. The number of carbonyl (C=O) groups is 1. The van der Waals surface area contributed by atoms with Crippen LogP contribution < -0.4 is 4.90 Å². The topological polar surface area (TPSA) is 50.5 Å². The Morgan fingerprint density at radius 3 is 2.96 bits per heavy atom. The fourth-order valence-corrected chi connectivity index (χ4v) is 3.22. The molecule has 1 amide bonds. The van der Waals surface area contributed by atoms with Crippen molar-refractivity contribution < 1.29 is 4.79 Å². The van der Waals surface area contributed by atoms with Gasteiger partial charge in [-0.2, -0.15) is 5.10 Å². The Balaban J connectivity index is 1.80. The number of benzene rings is 1. The molecule has 0 fully saturated rings. The van der Waals surface area contributed by atoms with Gasteiger partial charge in [-0.3, -0.25) is 4.79 Å². The summed E-state index contributed by atoms with van der Waals surface area (Å²) in [6, 6.07) is 10.0. The molecule has 3 aromatic rings. The molecule has 1 unspecified atom stereocenters. The number of aromatic nitrogens is 3. The number of rotatable bonds is 1. The van der Waals surface area contributed by atoms with E-state index in [9.17, 15) is 4.79 Å². The minimum absolute atomic E-state index is 0.0301. The van der Waals surface area contributed by atoms with Crippen molar-refractivity contribution in [2.45, 2.75) is 26.2 Å². The lowest BCUT2D eigenvalue weighted by atomic mass is 9.91. The highest BCUT2D eigenvalue weighted by atomic mass is 16.2. The number of anilines is 1. The van der Waals surface area contributed by atoms with Crippen molar-refractivity contribution in [1.82, 2.24) is 14.6 Å². The molecule has 0 spiro atoms. The molecule has 0 radical (unpaired) electrons. The quantitative estimate of drug-likeness (QED) is 0.694. The summed E-state index contributed by atoms with van der Waals surface area (Å²) in [6.45, 7) is 4.85. The average Bonchev–Trinajstić information content (AvgIpc) is 2.98. The Morgan fingerprint density at radius 2 is 2.09 bits per heavy atom. The second-order valence-corrected chi connectivity index (χ2v) is 6.10. The number of para-hydroxylation sites is 1. The fraction of sp³-hybridized carbons (Fsp3) is 0.278. The molecule has 1 aliphatic rings. The van der Waals surface area contributed by atoms with E-state index < -0.39 is 0 Å². The van der Waals surface area contributed by atoms with Crippen molar-refractivity contribution in [2.75, 3.05) is 11.4 Å². The van der Waals surface area contributed by atoms with E-state index in [1.165, 1.54) is 5.56 Å². The summed E-state index contributed by atoms with van der Waals surface area (Å²) in [5, 5.41) is 4.25.